The molecule has 2 aliphatic heterocycles. The van der Waals surface area contributed by atoms with Gasteiger partial charge < -0.3 is 14.7 Å². The van der Waals surface area contributed by atoms with E-state index in [0.717, 1.165) is 24.3 Å². The maximum atomic E-state index is 12.8. The third-order valence-electron chi connectivity index (χ3n) is 4.84. The average molecular weight is 369 g/mol. The van der Waals surface area contributed by atoms with E-state index in [9.17, 15) is 27.6 Å². The molecule has 0 N–H and O–H groups in total. The molecule has 140 valence electrons. The van der Waals surface area contributed by atoms with Crippen molar-refractivity contribution in [3.8, 4) is 0 Å². The van der Waals surface area contributed by atoms with Crippen LogP contribution in [0.4, 0.5) is 13.2 Å². The summed E-state index contributed by atoms with van der Waals surface area (Å²) in [5, 5.41) is 0. The predicted octanol–water partition coefficient (Wildman–Crippen LogP) is 1.57. The van der Waals surface area contributed by atoms with Crippen LogP contribution in [0.25, 0.3) is 0 Å². The summed E-state index contributed by atoms with van der Waals surface area (Å²) in [6.45, 7) is 1.94. The van der Waals surface area contributed by atoms with Gasteiger partial charge in [0, 0.05) is 25.6 Å². The number of fused-ring (bicyclic) bond motifs is 1. The molecule has 3 rings (SSSR count). The Balaban J connectivity index is 1.87. The first-order valence-corrected chi connectivity index (χ1v) is 8.15. The van der Waals surface area contributed by atoms with Gasteiger partial charge in [0.05, 0.1) is 12.1 Å². The van der Waals surface area contributed by atoms with E-state index in [0.29, 0.717) is 0 Å². The lowest BCUT2D eigenvalue weighted by atomic mass is 10.0. The first kappa shape index (κ1) is 18.2. The second-order valence-electron chi connectivity index (χ2n) is 6.50. The van der Waals surface area contributed by atoms with Crippen molar-refractivity contribution in [1.29, 1.82) is 0 Å². The van der Waals surface area contributed by atoms with Crippen molar-refractivity contribution in [3.63, 3.8) is 0 Å². The first-order chi connectivity index (χ1) is 12.1. The fraction of sp³-hybridized carbons (Fsp3) is 0.471. The monoisotopic (exact) mass is 369 g/mol. The van der Waals surface area contributed by atoms with E-state index >= 15 is 0 Å². The van der Waals surface area contributed by atoms with Crippen molar-refractivity contribution in [1.82, 2.24) is 14.7 Å². The van der Waals surface area contributed by atoms with Crippen LogP contribution in [0, 0.1) is 0 Å². The van der Waals surface area contributed by atoms with Crippen LogP contribution >= 0.6 is 0 Å². The van der Waals surface area contributed by atoms with Crippen molar-refractivity contribution in [2.75, 3.05) is 20.1 Å². The molecule has 1 unspecified atom stereocenters. The standard InChI is InChI=1S/C17H18F3N3O3/c1-10-15(25)21(2)9-13-22(8-7-14(24)23(10)13)16(26)11-3-5-12(6-4-11)17(18,19)20/h3-6,10,13H,7-9H2,1-2H3/t10-,13?/m0/s1. The average Bonchev–Trinajstić information content (AvgIpc) is 2.58. The molecule has 1 aromatic rings. The van der Waals surface area contributed by atoms with Crippen LogP contribution in [0.2, 0.25) is 0 Å². The van der Waals surface area contributed by atoms with E-state index in [2.05, 4.69) is 0 Å². The van der Waals surface area contributed by atoms with Gasteiger partial charge in [0.2, 0.25) is 11.8 Å². The minimum Gasteiger partial charge on any atom is -0.340 e. The third-order valence-corrected chi connectivity index (χ3v) is 4.84. The molecule has 0 aliphatic carbocycles. The highest BCUT2D eigenvalue weighted by molar-refractivity contribution is 5.96. The Labute approximate surface area is 148 Å². The molecule has 9 heteroatoms. The summed E-state index contributed by atoms with van der Waals surface area (Å²) in [5.41, 5.74) is -0.722. The second kappa shape index (κ2) is 6.30. The SMILES string of the molecule is C[C@H]1C(=O)N(C)CC2N(C(=O)c3ccc(C(F)(F)F)cc3)CCC(=O)N21. The van der Waals surface area contributed by atoms with Crippen LogP contribution in [-0.4, -0.2) is 64.8 Å². The van der Waals surface area contributed by atoms with Crippen LogP contribution < -0.4 is 0 Å². The lowest BCUT2D eigenvalue weighted by molar-refractivity contribution is -0.164. The van der Waals surface area contributed by atoms with Crippen molar-refractivity contribution in [2.45, 2.75) is 31.7 Å². The molecular formula is C17H18F3N3O3. The Kier molecular flexibility index (Phi) is 4.41. The molecule has 2 heterocycles. The van der Waals surface area contributed by atoms with E-state index in [1.54, 1.807) is 14.0 Å². The number of amides is 3. The lowest BCUT2D eigenvalue weighted by Crippen LogP contribution is -2.70. The van der Waals surface area contributed by atoms with Gasteiger partial charge in [-0.1, -0.05) is 0 Å². The topological polar surface area (TPSA) is 60.9 Å². The second-order valence-corrected chi connectivity index (χ2v) is 6.50. The summed E-state index contributed by atoms with van der Waals surface area (Å²) in [4.78, 5) is 41.5. The molecule has 2 atom stereocenters. The molecule has 0 bridgehead atoms. The normalized spacial score (nSPS) is 24.0. The van der Waals surface area contributed by atoms with Crippen molar-refractivity contribution in [3.05, 3.63) is 35.4 Å². The molecule has 2 fully saturated rings. The molecule has 0 radical (unpaired) electrons. The van der Waals surface area contributed by atoms with Gasteiger partial charge in [0.25, 0.3) is 5.91 Å². The van der Waals surface area contributed by atoms with Gasteiger partial charge in [-0.15, -0.1) is 0 Å². The fourth-order valence-corrected chi connectivity index (χ4v) is 3.45. The molecule has 2 saturated heterocycles. The minimum atomic E-state index is -4.47. The molecule has 3 amide bonds. The van der Waals surface area contributed by atoms with Crippen LogP contribution in [0.3, 0.4) is 0 Å². The predicted molar refractivity (Wildman–Crippen MR) is 84.8 cm³/mol. The van der Waals surface area contributed by atoms with Crippen molar-refractivity contribution < 1.29 is 27.6 Å². The summed E-state index contributed by atoms with van der Waals surface area (Å²) < 4.78 is 38.1. The number of alkyl halides is 3. The highest BCUT2D eigenvalue weighted by Gasteiger charge is 2.46. The number of benzene rings is 1. The molecule has 26 heavy (non-hydrogen) atoms. The van der Waals surface area contributed by atoms with Gasteiger partial charge in [-0.05, 0) is 31.2 Å². The summed E-state index contributed by atoms with van der Waals surface area (Å²) >= 11 is 0. The zero-order valence-corrected chi connectivity index (χ0v) is 14.3. The largest absolute Gasteiger partial charge is 0.416 e. The number of nitrogens with zero attached hydrogens (tertiary/aromatic N) is 3. The maximum absolute atomic E-state index is 12.8. The molecule has 1 aromatic carbocycles. The number of halogens is 3. The highest BCUT2D eigenvalue weighted by Crippen LogP contribution is 2.30. The molecular weight excluding hydrogens is 351 g/mol. The Hall–Kier alpha value is -2.58. The summed E-state index contributed by atoms with van der Waals surface area (Å²) in [6.07, 6.45) is -5.02. The van der Waals surface area contributed by atoms with Gasteiger partial charge in [0.15, 0.2) is 0 Å². The van der Waals surface area contributed by atoms with Gasteiger partial charge in [-0.3, -0.25) is 14.4 Å². The van der Waals surface area contributed by atoms with Gasteiger partial charge in [0.1, 0.15) is 12.2 Å². The zero-order chi connectivity index (χ0) is 19.2. The Morgan fingerprint density at radius 2 is 1.77 bits per heavy atom. The smallest absolute Gasteiger partial charge is 0.340 e. The van der Waals surface area contributed by atoms with E-state index in [4.69, 9.17) is 0 Å². The van der Waals surface area contributed by atoms with Gasteiger partial charge in [-0.25, -0.2) is 0 Å². The maximum Gasteiger partial charge on any atom is 0.416 e. The first-order valence-electron chi connectivity index (χ1n) is 8.15. The van der Waals surface area contributed by atoms with Crippen LogP contribution in [0.15, 0.2) is 24.3 Å². The molecule has 2 aliphatic rings. The minimum absolute atomic E-state index is 0.0736. The third kappa shape index (κ3) is 3.02. The van der Waals surface area contributed by atoms with Gasteiger partial charge in [-0.2, -0.15) is 13.2 Å². The lowest BCUT2D eigenvalue weighted by Gasteiger charge is -2.50. The number of hydrogen-bond donors (Lipinski definition) is 0. The number of carbonyl (C=O) groups is 3. The highest BCUT2D eigenvalue weighted by atomic mass is 19.4. The Morgan fingerprint density at radius 1 is 1.15 bits per heavy atom. The summed E-state index contributed by atoms with van der Waals surface area (Å²) in [5.74, 6) is -0.880. The van der Waals surface area contributed by atoms with Crippen molar-refractivity contribution >= 4 is 17.7 Å². The Bertz CT molecular complexity index is 748. The molecule has 0 saturated carbocycles. The number of rotatable bonds is 1. The summed E-state index contributed by atoms with van der Waals surface area (Å²) in [7, 11) is 1.59. The van der Waals surface area contributed by atoms with E-state index in [-0.39, 0.29) is 36.9 Å². The van der Waals surface area contributed by atoms with E-state index in [1.165, 1.54) is 14.7 Å². The number of hydrogen-bond acceptors (Lipinski definition) is 3. The zero-order valence-electron chi connectivity index (χ0n) is 14.3. The van der Waals surface area contributed by atoms with Gasteiger partial charge >= 0.3 is 6.18 Å². The van der Waals surface area contributed by atoms with E-state index < -0.39 is 29.9 Å². The number of piperazine rings is 1. The number of carbonyl (C=O) groups excluding carboxylic acids is 3. The van der Waals surface area contributed by atoms with E-state index in [1.807, 2.05) is 0 Å². The number of likely N-dealkylation sites (N-methyl/N-ethyl adjacent to an activating group) is 1. The molecule has 0 spiro atoms. The molecule has 6 nitrogen and oxygen atoms in total. The van der Waals surface area contributed by atoms with Crippen LogP contribution in [0.1, 0.15) is 29.3 Å². The molecule has 0 aromatic heterocycles. The van der Waals surface area contributed by atoms with Crippen LogP contribution in [-0.2, 0) is 15.8 Å². The fourth-order valence-electron chi connectivity index (χ4n) is 3.45. The van der Waals surface area contributed by atoms with Crippen molar-refractivity contribution in [2.24, 2.45) is 0 Å². The van der Waals surface area contributed by atoms with Crippen LogP contribution in [0.5, 0.6) is 0 Å². The Morgan fingerprint density at radius 3 is 2.35 bits per heavy atom. The summed E-state index contributed by atoms with van der Waals surface area (Å²) in [6, 6.07) is 3.30. The quantitative estimate of drug-likeness (QED) is 0.755.